The van der Waals surface area contributed by atoms with E-state index in [9.17, 15) is 0 Å². The van der Waals surface area contributed by atoms with E-state index in [1.807, 2.05) is 30.4 Å². The van der Waals surface area contributed by atoms with Crippen LogP contribution in [0, 0.1) is 0 Å². The van der Waals surface area contributed by atoms with Crippen LogP contribution in [0.1, 0.15) is 16.7 Å². The highest BCUT2D eigenvalue weighted by atomic mass is 35.5. The number of nitrogens with one attached hydrogen (secondary N) is 1. The van der Waals surface area contributed by atoms with Gasteiger partial charge < -0.3 is 17.7 Å². The standard InChI is InChI=1S/C25H22N2.ClH/c1-2-18(15-16-26)23-17-24(27-20-11-7-4-8-12-20)22-14-13-21(23)25(22)19-9-5-3-6-10-19;/h2-12,15-17,26-27H,1,13-14H2;1H/b18-15+,26-16?;. The zero-order valence-corrected chi connectivity index (χ0v) is 16.4. The van der Waals surface area contributed by atoms with E-state index in [2.05, 4.69) is 60.4 Å². The molecule has 3 N–H and O–H groups in total. The van der Waals surface area contributed by atoms with E-state index in [1.54, 1.807) is 6.21 Å². The third-order valence-corrected chi connectivity index (χ3v) is 5.09. The summed E-state index contributed by atoms with van der Waals surface area (Å²) in [4.78, 5) is 0. The number of halogens is 1. The maximum atomic E-state index is 5.69. The summed E-state index contributed by atoms with van der Waals surface area (Å²) < 4.78 is 0. The van der Waals surface area contributed by atoms with Crippen LogP contribution in [0.2, 0.25) is 0 Å². The first kappa shape index (κ1) is 19.7. The number of anilines is 2. The molecule has 0 fully saturated rings. The Balaban J connectivity index is 0.00000225. The monoisotopic (exact) mass is 386 g/mol. The van der Waals surface area contributed by atoms with Gasteiger partial charge in [-0.1, -0.05) is 61.2 Å². The minimum absolute atomic E-state index is 0. The van der Waals surface area contributed by atoms with Gasteiger partial charge in [0.15, 0.2) is 6.21 Å². The molecule has 0 spiro atoms. The molecule has 0 unspecified atom stereocenters. The van der Waals surface area contributed by atoms with Crippen LogP contribution in [0.15, 0.2) is 85.5 Å². The van der Waals surface area contributed by atoms with Crippen molar-refractivity contribution in [2.75, 3.05) is 5.32 Å². The number of benzene rings is 3. The molecule has 0 atom stereocenters. The molecular weight excluding hydrogens is 364 g/mol. The molecule has 0 saturated carbocycles. The topological polar surface area (TPSA) is 37.6 Å². The van der Waals surface area contributed by atoms with E-state index in [0.717, 1.165) is 29.8 Å². The van der Waals surface area contributed by atoms with Crippen LogP contribution >= 0.6 is 0 Å². The van der Waals surface area contributed by atoms with Crippen molar-refractivity contribution in [3.63, 3.8) is 0 Å². The first-order chi connectivity index (χ1) is 13.3. The van der Waals surface area contributed by atoms with Crippen LogP contribution in [0.25, 0.3) is 16.7 Å². The van der Waals surface area contributed by atoms with E-state index in [0.29, 0.717) is 0 Å². The fraction of sp³-hybridized carbons (Fsp3) is 0.0800. The highest BCUT2D eigenvalue weighted by molar-refractivity contribution is 5.93. The van der Waals surface area contributed by atoms with Gasteiger partial charge in [-0.2, -0.15) is 0 Å². The highest BCUT2D eigenvalue weighted by Crippen LogP contribution is 2.44. The number of hydrogen-bond donors (Lipinski definition) is 2. The van der Waals surface area contributed by atoms with Crippen LogP contribution in [0.3, 0.4) is 0 Å². The van der Waals surface area contributed by atoms with Crippen molar-refractivity contribution in [1.82, 2.24) is 0 Å². The Morgan fingerprint density at radius 3 is 2.21 bits per heavy atom. The second-order valence-corrected chi connectivity index (χ2v) is 6.68. The summed E-state index contributed by atoms with van der Waals surface area (Å²) in [6.07, 6.45) is 7.46. The molecule has 1 aliphatic carbocycles. The summed E-state index contributed by atoms with van der Waals surface area (Å²) in [5, 5.41) is 9.32. The Bertz CT molecular complexity index is 1020. The van der Waals surface area contributed by atoms with Gasteiger partial charge in [0.1, 0.15) is 0 Å². The molecule has 140 valence electrons. The average Bonchev–Trinajstić information content (AvgIpc) is 3.08. The molecule has 2 bridgehead atoms. The number of para-hydroxylation sites is 1. The molecule has 0 heterocycles. The molecule has 0 saturated heterocycles. The number of rotatable bonds is 6. The fourth-order valence-corrected chi connectivity index (χ4v) is 3.91. The van der Waals surface area contributed by atoms with Gasteiger partial charge in [-0.3, -0.25) is 5.41 Å². The first-order valence-electron chi connectivity index (χ1n) is 9.26. The average molecular weight is 387 g/mol. The highest BCUT2D eigenvalue weighted by Gasteiger charge is 2.25. The van der Waals surface area contributed by atoms with Crippen LogP contribution in [-0.2, 0) is 12.8 Å². The predicted molar refractivity (Wildman–Crippen MR) is 115 cm³/mol. The quantitative estimate of drug-likeness (QED) is 0.490. The summed E-state index contributed by atoms with van der Waals surface area (Å²) in [7, 11) is 0. The number of nitrogens with two attached hydrogens (primary N) is 1. The Hall–Kier alpha value is -3.10. The van der Waals surface area contributed by atoms with Crippen molar-refractivity contribution in [3.05, 3.63) is 102 Å². The maximum absolute atomic E-state index is 5.69. The molecule has 1 aliphatic rings. The summed E-state index contributed by atoms with van der Waals surface area (Å²) >= 11 is 0. The molecule has 3 aromatic carbocycles. The Morgan fingerprint density at radius 1 is 0.929 bits per heavy atom. The van der Waals surface area contributed by atoms with E-state index >= 15 is 0 Å². The normalized spacial score (nSPS) is 12.2. The molecule has 0 amide bonds. The van der Waals surface area contributed by atoms with Gasteiger partial charge in [0.05, 0.1) is 0 Å². The van der Waals surface area contributed by atoms with Gasteiger partial charge in [-0.05, 0) is 64.4 Å². The molecule has 0 aliphatic heterocycles. The molecule has 28 heavy (non-hydrogen) atoms. The minimum Gasteiger partial charge on any atom is -1.00 e. The molecule has 4 rings (SSSR count). The van der Waals surface area contributed by atoms with E-state index in [1.165, 1.54) is 27.8 Å². The summed E-state index contributed by atoms with van der Waals surface area (Å²) in [6.45, 7) is 4.00. The minimum atomic E-state index is 0. The Morgan fingerprint density at radius 2 is 1.57 bits per heavy atom. The summed E-state index contributed by atoms with van der Waals surface area (Å²) in [6, 6.07) is 23.2. The second kappa shape index (κ2) is 8.73. The zero-order chi connectivity index (χ0) is 18.6. The first-order valence-corrected chi connectivity index (χ1v) is 9.26. The number of hydrogen-bond acceptors (Lipinski definition) is 1. The van der Waals surface area contributed by atoms with Crippen molar-refractivity contribution in [1.29, 1.82) is 0 Å². The second-order valence-electron chi connectivity index (χ2n) is 6.68. The van der Waals surface area contributed by atoms with E-state index in [4.69, 9.17) is 5.41 Å². The van der Waals surface area contributed by atoms with Gasteiger partial charge >= 0.3 is 0 Å². The van der Waals surface area contributed by atoms with Crippen molar-refractivity contribution in [2.24, 2.45) is 0 Å². The van der Waals surface area contributed by atoms with E-state index in [-0.39, 0.29) is 12.4 Å². The fourth-order valence-electron chi connectivity index (χ4n) is 3.91. The van der Waals surface area contributed by atoms with Crippen molar-refractivity contribution < 1.29 is 17.8 Å². The van der Waals surface area contributed by atoms with Crippen LogP contribution in [-0.4, -0.2) is 6.21 Å². The SMILES string of the molecule is C=C/C(=C\C=[NH2+])c1cc(Nc2ccccc2)c2c(-c3ccccc3)c1CC2.[Cl-]. The molecule has 0 radical (unpaired) electrons. The van der Waals surface area contributed by atoms with Gasteiger partial charge in [-0.25, -0.2) is 0 Å². The van der Waals surface area contributed by atoms with Crippen molar-refractivity contribution >= 4 is 23.2 Å². The smallest absolute Gasteiger partial charge is 0.160 e. The summed E-state index contributed by atoms with van der Waals surface area (Å²) in [5.74, 6) is 0. The number of fused-ring (bicyclic) bond motifs is 2. The zero-order valence-electron chi connectivity index (χ0n) is 15.7. The third kappa shape index (κ3) is 3.64. The van der Waals surface area contributed by atoms with Crippen LogP contribution in [0.5, 0.6) is 0 Å². The van der Waals surface area contributed by atoms with Crippen molar-refractivity contribution in [2.45, 2.75) is 12.8 Å². The van der Waals surface area contributed by atoms with Gasteiger partial charge in [-0.15, -0.1) is 0 Å². The van der Waals surface area contributed by atoms with E-state index < -0.39 is 0 Å². The number of allylic oxidation sites excluding steroid dienone is 3. The molecule has 2 nitrogen and oxygen atoms in total. The lowest BCUT2D eigenvalue weighted by Crippen LogP contribution is -3.00. The lowest BCUT2D eigenvalue weighted by Gasteiger charge is -2.17. The maximum Gasteiger partial charge on any atom is 0.160 e. The lowest BCUT2D eigenvalue weighted by molar-refractivity contribution is -0.104. The molecule has 0 aromatic heterocycles. The Labute approximate surface area is 172 Å². The lowest BCUT2D eigenvalue weighted by atomic mass is 9.91. The Kier molecular flexibility index (Phi) is 6.13. The molecular formula is C25H23ClN2. The molecule has 3 aromatic rings. The van der Waals surface area contributed by atoms with Crippen LogP contribution in [0.4, 0.5) is 11.4 Å². The van der Waals surface area contributed by atoms with Gasteiger partial charge in [0, 0.05) is 17.5 Å². The van der Waals surface area contributed by atoms with Gasteiger partial charge in [0.2, 0.25) is 0 Å². The van der Waals surface area contributed by atoms with Crippen molar-refractivity contribution in [3.8, 4) is 11.1 Å². The predicted octanol–water partition coefficient (Wildman–Crippen LogP) is 1.60. The molecule has 3 heteroatoms. The summed E-state index contributed by atoms with van der Waals surface area (Å²) in [5.41, 5.74) is 9.86. The largest absolute Gasteiger partial charge is 1.00 e. The third-order valence-electron chi connectivity index (χ3n) is 5.09. The van der Waals surface area contributed by atoms with Crippen LogP contribution < -0.4 is 23.1 Å². The van der Waals surface area contributed by atoms with Gasteiger partial charge in [0.25, 0.3) is 0 Å².